The summed E-state index contributed by atoms with van der Waals surface area (Å²) in [6.45, 7) is 4.61. The van der Waals surface area contributed by atoms with E-state index in [1.54, 1.807) is 0 Å². The van der Waals surface area contributed by atoms with Crippen molar-refractivity contribution < 1.29 is 4.43 Å². The maximum absolute atomic E-state index is 6.94. The van der Waals surface area contributed by atoms with Crippen molar-refractivity contribution in [2.24, 2.45) is 0 Å². The molecule has 0 saturated carbocycles. The molecule has 0 spiro atoms. The van der Waals surface area contributed by atoms with Gasteiger partial charge in [0.1, 0.15) is 5.60 Å². The Bertz CT molecular complexity index is 901. The highest BCUT2D eigenvalue weighted by Crippen LogP contribution is 2.46. The Kier molecular flexibility index (Phi) is 4.39. The molecule has 0 aliphatic carbocycles. The van der Waals surface area contributed by atoms with E-state index in [9.17, 15) is 0 Å². The summed E-state index contributed by atoms with van der Waals surface area (Å²) in [5.74, 6) is 0. The van der Waals surface area contributed by atoms with Crippen LogP contribution < -0.4 is 0 Å². The van der Waals surface area contributed by atoms with Crippen molar-refractivity contribution in [1.82, 2.24) is 0 Å². The van der Waals surface area contributed by atoms with Crippen LogP contribution in [0.15, 0.2) is 97.1 Å². The van der Waals surface area contributed by atoms with E-state index in [-0.39, 0.29) is 0 Å². The molecule has 0 radical (unpaired) electrons. The van der Waals surface area contributed by atoms with E-state index in [4.69, 9.17) is 4.43 Å². The SMILES string of the molecule is C[Si]1(C)OC(Cc2ccccc2)(c2ccccc2)C=C1c1ccccc1. The first kappa shape index (κ1) is 17.0. The van der Waals surface area contributed by atoms with Crippen LogP contribution in [0, 0.1) is 0 Å². The van der Waals surface area contributed by atoms with E-state index < -0.39 is 13.9 Å². The van der Waals surface area contributed by atoms with Gasteiger partial charge >= 0.3 is 0 Å². The van der Waals surface area contributed by atoms with Crippen LogP contribution in [-0.2, 0) is 16.4 Å². The van der Waals surface area contributed by atoms with Crippen LogP contribution in [0.1, 0.15) is 16.7 Å². The third-order valence-electron chi connectivity index (χ3n) is 5.12. The Morgan fingerprint density at radius 1 is 0.731 bits per heavy atom. The van der Waals surface area contributed by atoms with Gasteiger partial charge in [-0.1, -0.05) is 91.0 Å². The number of benzene rings is 3. The maximum atomic E-state index is 6.94. The highest BCUT2D eigenvalue weighted by Gasteiger charge is 2.47. The van der Waals surface area contributed by atoms with E-state index >= 15 is 0 Å². The van der Waals surface area contributed by atoms with Gasteiger partial charge in [0.2, 0.25) is 8.32 Å². The molecule has 0 N–H and O–H groups in total. The van der Waals surface area contributed by atoms with Gasteiger partial charge in [-0.25, -0.2) is 0 Å². The maximum Gasteiger partial charge on any atom is 0.220 e. The van der Waals surface area contributed by atoms with Gasteiger partial charge < -0.3 is 4.43 Å². The van der Waals surface area contributed by atoms with E-state index in [1.807, 2.05) is 0 Å². The first-order valence-corrected chi connectivity index (χ1v) is 12.1. The minimum absolute atomic E-state index is 0.399. The highest BCUT2D eigenvalue weighted by atomic mass is 28.4. The van der Waals surface area contributed by atoms with Gasteiger partial charge in [-0.15, -0.1) is 0 Å². The molecule has 3 aromatic rings. The molecule has 26 heavy (non-hydrogen) atoms. The van der Waals surface area contributed by atoms with Crippen molar-refractivity contribution in [2.45, 2.75) is 25.1 Å². The number of rotatable bonds is 4. The fraction of sp³-hybridized carbons (Fsp3) is 0.167. The van der Waals surface area contributed by atoms with Gasteiger partial charge in [-0.05, 0) is 41.1 Å². The van der Waals surface area contributed by atoms with E-state index in [0.717, 1.165) is 6.42 Å². The van der Waals surface area contributed by atoms with Crippen LogP contribution in [-0.4, -0.2) is 8.32 Å². The zero-order valence-corrected chi connectivity index (χ0v) is 16.4. The number of hydrogen-bond donors (Lipinski definition) is 0. The molecular weight excluding hydrogens is 332 g/mol. The lowest BCUT2D eigenvalue weighted by Gasteiger charge is -2.33. The van der Waals surface area contributed by atoms with Crippen molar-refractivity contribution in [3.8, 4) is 0 Å². The van der Waals surface area contributed by atoms with Gasteiger partial charge in [0.05, 0.1) is 0 Å². The smallest absolute Gasteiger partial charge is 0.220 e. The lowest BCUT2D eigenvalue weighted by molar-refractivity contribution is 0.124. The third-order valence-corrected chi connectivity index (χ3v) is 7.73. The molecule has 1 heterocycles. The largest absolute Gasteiger partial charge is 0.400 e. The Labute approximate surface area is 157 Å². The molecule has 130 valence electrons. The Hall–Kier alpha value is -2.42. The summed E-state index contributed by atoms with van der Waals surface area (Å²) in [6.07, 6.45) is 3.25. The molecule has 1 unspecified atom stereocenters. The third kappa shape index (κ3) is 3.18. The molecule has 4 rings (SSSR count). The molecule has 2 heteroatoms. The van der Waals surface area contributed by atoms with Crippen LogP contribution in [0.3, 0.4) is 0 Å². The zero-order valence-electron chi connectivity index (χ0n) is 15.4. The van der Waals surface area contributed by atoms with Crippen LogP contribution in [0.4, 0.5) is 0 Å². The summed E-state index contributed by atoms with van der Waals surface area (Å²) < 4.78 is 6.94. The summed E-state index contributed by atoms with van der Waals surface area (Å²) in [6, 6.07) is 32.0. The van der Waals surface area contributed by atoms with Crippen molar-refractivity contribution >= 4 is 13.5 Å². The van der Waals surface area contributed by atoms with Crippen LogP contribution in [0.25, 0.3) is 5.20 Å². The number of hydrogen-bond acceptors (Lipinski definition) is 1. The summed E-state index contributed by atoms with van der Waals surface area (Å²) in [7, 11) is -2.02. The van der Waals surface area contributed by atoms with Gasteiger partial charge in [-0.3, -0.25) is 0 Å². The Morgan fingerprint density at radius 3 is 1.88 bits per heavy atom. The molecule has 0 amide bonds. The predicted molar refractivity (Wildman–Crippen MR) is 111 cm³/mol. The van der Waals surface area contributed by atoms with E-state index in [2.05, 4.69) is 110 Å². The van der Waals surface area contributed by atoms with Gasteiger partial charge in [0.25, 0.3) is 0 Å². The van der Waals surface area contributed by atoms with Crippen molar-refractivity contribution in [3.63, 3.8) is 0 Å². The van der Waals surface area contributed by atoms with Crippen LogP contribution >= 0.6 is 0 Å². The zero-order chi connectivity index (χ0) is 18.0. The molecule has 1 aliphatic heterocycles. The molecule has 0 bridgehead atoms. The average Bonchev–Trinajstić information content (AvgIpc) is 2.95. The lowest BCUT2D eigenvalue weighted by Crippen LogP contribution is -2.37. The standard InChI is InChI=1S/C24H24OSi/c1-26(2)23(21-14-8-4-9-15-21)19-24(25-26,22-16-10-5-11-17-22)18-20-12-6-3-7-13-20/h3-17,19H,18H2,1-2H3. The summed E-state index contributed by atoms with van der Waals surface area (Å²) in [5.41, 5.74) is 3.42. The topological polar surface area (TPSA) is 9.23 Å². The normalized spacial score (nSPS) is 21.4. The molecule has 0 aromatic heterocycles. The summed E-state index contributed by atoms with van der Waals surface area (Å²) in [4.78, 5) is 0. The molecule has 1 aliphatic rings. The van der Waals surface area contributed by atoms with Gasteiger partial charge in [0, 0.05) is 6.42 Å². The van der Waals surface area contributed by atoms with Gasteiger partial charge in [-0.2, -0.15) is 0 Å². The van der Waals surface area contributed by atoms with Crippen molar-refractivity contribution in [1.29, 1.82) is 0 Å². The molecule has 1 atom stereocenters. The first-order chi connectivity index (χ1) is 12.6. The minimum Gasteiger partial charge on any atom is -0.400 e. The molecular formula is C24H24OSi. The fourth-order valence-electron chi connectivity index (χ4n) is 3.95. The second-order valence-electron chi connectivity index (χ2n) is 7.45. The minimum atomic E-state index is -2.02. The summed E-state index contributed by atoms with van der Waals surface area (Å²) in [5, 5.41) is 1.39. The molecule has 3 aromatic carbocycles. The highest BCUT2D eigenvalue weighted by molar-refractivity contribution is 6.90. The quantitative estimate of drug-likeness (QED) is 0.522. The molecule has 0 saturated heterocycles. The second-order valence-corrected chi connectivity index (χ2v) is 11.2. The Balaban J connectivity index is 1.85. The average molecular weight is 357 g/mol. The van der Waals surface area contributed by atoms with Gasteiger partial charge in [0.15, 0.2) is 0 Å². The first-order valence-electron chi connectivity index (χ1n) is 9.17. The second kappa shape index (κ2) is 6.71. The van der Waals surface area contributed by atoms with E-state index in [1.165, 1.54) is 21.9 Å². The monoisotopic (exact) mass is 356 g/mol. The fourth-order valence-corrected chi connectivity index (χ4v) is 6.66. The van der Waals surface area contributed by atoms with Crippen molar-refractivity contribution in [3.05, 3.63) is 114 Å². The Morgan fingerprint density at radius 2 is 1.27 bits per heavy atom. The molecule has 1 nitrogen and oxygen atoms in total. The molecule has 0 fully saturated rings. The van der Waals surface area contributed by atoms with Crippen LogP contribution in [0.2, 0.25) is 13.1 Å². The lowest BCUT2D eigenvalue weighted by atomic mass is 9.86. The predicted octanol–water partition coefficient (Wildman–Crippen LogP) is 5.98. The summed E-state index contributed by atoms with van der Waals surface area (Å²) >= 11 is 0. The van der Waals surface area contributed by atoms with Crippen molar-refractivity contribution in [2.75, 3.05) is 0 Å². The van der Waals surface area contributed by atoms with Crippen LogP contribution in [0.5, 0.6) is 0 Å². The van der Waals surface area contributed by atoms with E-state index in [0.29, 0.717) is 0 Å².